The summed E-state index contributed by atoms with van der Waals surface area (Å²) in [5.74, 6) is 0.863. The van der Waals surface area contributed by atoms with Gasteiger partial charge in [-0.3, -0.25) is 9.78 Å². The van der Waals surface area contributed by atoms with Gasteiger partial charge in [-0.15, -0.1) is 0 Å². The van der Waals surface area contributed by atoms with Crippen LogP contribution in [0.25, 0.3) is 0 Å². The first-order chi connectivity index (χ1) is 9.08. The molecule has 0 atom stereocenters. The van der Waals surface area contributed by atoms with Crippen molar-refractivity contribution in [2.75, 3.05) is 19.7 Å². The maximum Gasteiger partial charge on any atom is 0.260 e. The van der Waals surface area contributed by atoms with Crippen LogP contribution in [0.3, 0.4) is 0 Å². The lowest BCUT2D eigenvalue weighted by Gasteiger charge is -2.26. The van der Waals surface area contributed by atoms with Crippen LogP contribution in [-0.2, 0) is 4.79 Å². The largest absolute Gasteiger partial charge is 0.483 e. The van der Waals surface area contributed by atoms with Crippen LogP contribution in [0, 0.1) is 20.8 Å². The molecule has 1 fully saturated rings. The van der Waals surface area contributed by atoms with Crippen molar-refractivity contribution in [3.05, 3.63) is 23.0 Å². The summed E-state index contributed by atoms with van der Waals surface area (Å²) in [5.41, 5.74) is 2.89. The molecule has 1 aromatic heterocycles. The summed E-state index contributed by atoms with van der Waals surface area (Å²) in [7, 11) is 0. The summed E-state index contributed by atoms with van der Waals surface area (Å²) in [6.07, 6.45) is 3.45. The highest BCUT2D eigenvalue weighted by Gasteiger charge is 2.17. The van der Waals surface area contributed by atoms with Crippen molar-refractivity contribution < 1.29 is 9.53 Å². The minimum absolute atomic E-state index is 0.0891. The predicted molar refractivity (Wildman–Crippen MR) is 74.4 cm³/mol. The lowest BCUT2D eigenvalue weighted by atomic mass is 10.1. The molecule has 4 nitrogen and oxygen atoms in total. The van der Waals surface area contributed by atoms with Gasteiger partial charge in [0.25, 0.3) is 5.91 Å². The molecule has 1 amide bonds. The number of amides is 1. The molecule has 104 valence electrons. The maximum absolute atomic E-state index is 12.0. The number of rotatable bonds is 3. The molecule has 1 aromatic rings. The monoisotopic (exact) mass is 262 g/mol. The van der Waals surface area contributed by atoms with Gasteiger partial charge in [0.1, 0.15) is 5.75 Å². The van der Waals surface area contributed by atoms with Crippen LogP contribution >= 0.6 is 0 Å². The van der Waals surface area contributed by atoms with E-state index < -0.39 is 0 Å². The molecule has 1 saturated heterocycles. The summed E-state index contributed by atoms with van der Waals surface area (Å²) in [5, 5.41) is 0. The molecule has 1 aliphatic rings. The number of piperidine rings is 1. The van der Waals surface area contributed by atoms with E-state index in [1.165, 1.54) is 6.42 Å². The Hall–Kier alpha value is -1.58. The van der Waals surface area contributed by atoms with Crippen LogP contribution in [0.15, 0.2) is 6.07 Å². The predicted octanol–water partition coefficient (Wildman–Crippen LogP) is 2.40. The number of aryl methyl sites for hydroxylation is 2. The average molecular weight is 262 g/mol. The Morgan fingerprint density at radius 3 is 2.63 bits per heavy atom. The molecule has 0 unspecified atom stereocenters. The Kier molecular flexibility index (Phi) is 4.40. The number of carbonyl (C=O) groups excluding carboxylic acids is 1. The molecule has 4 heteroatoms. The fourth-order valence-electron chi connectivity index (χ4n) is 2.38. The summed E-state index contributed by atoms with van der Waals surface area (Å²) >= 11 is 0. The normalized spacial score (nSPS) is 15.4. The number of likely N-dealkylation sites (tertiary alicyclic amines) is 1. The zero-order valence-electron chi connectivity index (χ0n) is 12.0. The van der Waals surface area contributed by atoms with Crippen LogP contribution in [0.1, 0.15) is 36.2 Å². The molecule has 2 rings (SSSR count). The zero-order valence-corrected chi connectivity index (χ0v) is 12.0. The summed E-state index contributed by atoms with van der Waals surface area (Å²) < 4.78 is 5.68. The Morgan fingerprint density at radius 1 is 1.26 bits per heavy atom. The van der Waals surface area contributed by atoms with Crippen LogP contribution in [-0.4, -0.2) is 35.5 Å². The molecule has 2 heterocycles. The second-order valence-corrected chi connectivity index (χ2v) is 5.20. The molecule has 1 aliphatic heterocycles. The number of aromatic nitrogens is 1. The van der Waals surface area contributed by atoms with E-state index in [4.69, 9.17) is 4.74 Å². The van der Waals surface area contributed by atoms with E-state index in [1.54, 1.807) is 0 Å². The summed E-state index contributed by atoms with van der Waals surface area (Å²) in [6, 6.07) is 1.89. The minimum Gasteiger partial charge on any atom is -0.483 e. The lowest BCUT2D eigenvalue weighted by Crippen LogP contribution is -2.38. The van der Waals surface area contributed by atoms with Crippen molar-refractivity contribution in [1.29, 1.82) is 0 Å². The molecule has 0 saturated carbocycles. The van der Waals surface area contributed by atoms with Gasteiger partial charge in [-0.1, -0.05) is 0 Å². The van der Waals surface area contributed by atoms with Gasteiger partial charge in [-0.25, -0.2) is 0 Å². The molecule has 0 bridgehead atoms. The first-order valence-electron chi connectivity index (χ1n) is 6.93. The van der Waals surface area contributed by atoms with Crippen molar-refractivity contribution in [3.63, 3.8) is 0 Å². The van der Waals surface area contributed by atoms with Gasteiger partial charge in [0, 0.05) is 36.1 Å². The van der Waals surface area contributed by atoms with Crippen LogP contribution in [0.4, 0.5) is 0 Å². The molecular formula is C15H22N2O2. The third kappa shape index (κ3) is 3.46. The molecule has 19 heavy (non-hydrogen) atoms. The van der Waals surface area contributed by atoms with Crippen LogP contribution < -0.4 is 4.74 Å². The molecule has 0 aromatic carbocycles. The van der Waals surface area contributed by atoms with Crippen LogP contribution in [0.2, 0.25) is 0 Å². The van der Waals surface area contributed by atoms with E-state index in [1.807, 2.05) is 31.7 Å². The van der Waals surface area contributed by atoms with E-state index in [0.29, 0.717) is 0 Å². The maximum atomic E-state index is 12.0. The number of hydrogen-bond donors (Lipinski definition) is 0. The minimum atomic E-state index is 0.0891. The SMILES string of the molecule is Cc1cc(OCC(=O)N2CCCCC2)c(C)c(C)n1. The van der Waals surface area contributed by atoms with Gasteiger partial charge in [-0.2, -0.15) is 0 Å². The fraction of sp³-hybridized carbons (Fsp3) is 0.600. The summed E-state index contributed by atoms with van der Waals surface area (Å²) in [4.78, 5) is 18.3. The molecular weight excluding hydrogens is 240 g/mol. The standard InChI is InChI=1S/C15H22N2O2/c1-11-9-14(12(2)13(3)16-11)19-10-15(18)17-7-5-4-6-8-17/h9H,4-8,10H2,1-3H3. The summed E-state index contributed by atoms with van der Waals surface area (Å²) in [6.45, 7) is 7.74. The average Bonchev–Trinajstić information content (AvgIpc) is 2.41. The molecule has 0 radical (unpaired) electrons. The van der Waals surface area contributed by atoms with Gasteiger partial charge < -0.3 is 9.64 Å². The third-order valence-electron chi connectivity index (χ3n) is 3.66. The first kappa shape index (κ1) is 13.8. The highest BCUT2D eigenvalue weighted by Crippen LogP contribution is 2.21. The highest BCUT2D eigenvalue weighted by molar-refractivity contribution is 5.77. The number of nitrogens with zero attached hydrogens (tertiary/aromatic N) is 2. The quantitative estimate of drug-likeness (QED) is 0.840. The van der Waals surface area contributed by atoms with E-state index >= 15 is 0 Å². The van der Waals surface area contributed by atoms with Gasteiger partial charge in [0.15, 0.2) is 6.61 Å². The number of ether oxygens (including phenoxy) is 1. The third-order valence-corrected chi connectivity index (χ3v) is 3.66. The van der Waals surface area contributed by atoms with E-state index in [2.05, 4.69) is 4.98 Å². The fourth-order valence-corrected chi connectivity index (χ4v) is 2.38. The van der Waals surface area contributed by atoms with E-state index in [-0.39, 0.29) is 12.5 Å². The number of pyridine rings is 1. The van der Waals surface area contributed by atoms with Gasteiger partial charge >= 0.3 is 0 Å². The molecule has 0 spiro atoms. The Bertz CT molecular complexity index is 465. The second kappa shape index (κ2) is 6.04. The van der Waals surface area contributed by atoms with Gasteiger partial charge in [-0.05, 0) is 40.0 Å². The van der Waals surface area contributed by atoms with E-state index in [9.17, 15) is 4.79 Å². The zero-order chi connectivity index (χ0) is 13.8. The number of carbonyl (C=O) groups is 1. The van der Waals surface area contributed by atoms with Crippen molar-refractivity contribution in [3.8, 4) is 5.75 Å². The van der Waals surface area contributed by atoms with Gasteiger partial charge in [0.05, 0.1) is 0 Å². The van der Waals surface area contributed by atoms with Gasteiger partial charge in [0.2, 0.25) is 0 Å². The van der Waals surface area contributed by atoms with Crippen LogP contribution in [0.5, 0.6) is 5.75 Å². The lowest BCUT2D eigenvalue weighted by molar-refractivity contribution is -0.134. The molecule has 0 N–H and O–H groups in total. The van der Waals surface area contributed by atoms with Crippen molar-refractivity contribution in [2.45, 2.75) is 40.0 Å². The van der Waals surface area contributed by atoms with E-state index in [0.717, 1.165) is 48.6 Å². The Balaban J connectivity index is 1.96. The second-order valence-electron chi connectivity index (χ2n) is 5.20. The van der Waals surface area contributed by atoms with Crippen molar-refractivity contribution in [2.24, 2.45) is 0 Å². The number of hydrogen-bond acceptors (Lipinski definition) is 3. The Morgan fingerprint density at radius 2 is 1.95 bits per heavy atom. The topological polar surface area (TPSA) is 42.4 Å². The smallest absolute Gasteiger partial charge is 0.260 e. The Labute approximate surface area is 114 Å². The van der Waals surface area contributed by atoms with Crippen molar-refractivity contribution >= 4 is 5.91 Å². The highest BCUT2D eigenvalue weighted by atomic mass is 16.5. The molecule has 0 aliphatic carbocycles. The first-order valence-corrected chi connectivity index (χ1v) is 6.93. The van der Waals surface area contributed by atoms with Crippen molar-refractivity contribution in [1.82, 2.24) is 9.88 Å².